The Kier molecular flexibility index (Phi) is 5.65. The summed E-state index contributed by atoms with van der Waals surface area (Å²) in [6.07, 6.45) is 1.85. The Morgan fingerprint density at radius 1 is 1.28 bits per heavy atom. The van der Waals surface area contributed by atoms with Crippen molar-refractivity contribution >= 4 is 11.8 Å². The minimum absolute atomic E-state index is 0.0304. The molecule has 3 rings (SSSR count). The summed E-state index contributed by atoms with van der Waals surface area (Å²) >= 11 is 0. The minimum atomic E-state index is -0.293. The van der Waals surface area contributed by atoms with E-state index >= 15 is 0 Å². The first-order chi connectivity index (χ1) is 12.0. The van der Waals surface area contributed by atoms with Crippen molar-refractivity contribution in [2.45, 2.75) is 25.0 Å². The summed E-state index contributed by atoms with van der Waals surface area (Å²) in [4.78, 5) is 27.8. The fourth-order valence-electron chi connectivity index (χ4n) is 2.89. The summed E-state index contributed by atoms with van der Waals surface area (Å²) in [5.74, 6) is -0.361. The molecule has 1 aliphatic carbocycles. The lowest BCUT2D eigenvalue weighted by molar-refractivity contribution is -0.140. The van der Waals surface area contributed by atoms with Crippen molar-refractivity contribution in [3.8, 4) is 0 Å². The average Bonchev–Trinajstić information content (AvgIpc) is 3.39. The molecule has 136 valence electrons. The predicted octanol–water partition coefficient (Wildman–Crippen LogP) is 0.936. The van der Waals surface area contributed by atoms with Crippen molar-refractivity contribution in [1.29, 1.82) is 0 Å². The molecule has 1 aromatic rings. The molecule has 0 bridgehead atoms. The number of carbonyl (C=O) groups is 2. The molecule has 0 radical (unpaired) electrons. The van der Waals surface area contributed by atoms with Crippen LogP contribution in [0.3, 0.4) is 0 Å². The van der Waals surface area contributed by atoms with E-state index in [-0.39, 0.29) is 36.8 Å². The molecule has 1 atom stereocenters. The Balaban J connectivity index is 1.49. The Bertz CT molecular complexity index is 618. The van der Waals surface area contributed by atoms with Crippen LogP contribution in [0.5, 0.6) is 0 Å². The van der Waals surface area contributed by atoms with Crippen LogP contribution in [-0.4, -0.2) is 67.5 Å². The van der Waals surface area contributed by atoms with Crippen LogP contribution >= 0.6 is 0 Å². The van der Waals surface area contributed by atoms with Crippen molar-refractivity contribution in [2.75, 3.05) is 39.8 Å². The van der Waals surface area contributed by atoms with E-state index < -0.39 is 0 Å². The number of benzene rings is 1. The maximum absolute atomic E-state index is 13.0. The molecular formula is C18H24FN3O3. The van der Waals surface area contributed by atoms with Gasteiger partial charge >= 0.3 is 0 Å². The molecule has 2 aliphatic rings. The highest BCUT2D eigenvalue weighted by Gasteiger charge is 2.27. The molecule has 1 N–H and O–H groups in total. The van der Waals surface area contributed by atoms with Gasteiger partial charge in [-0.3, -0.25) is 14.5 Å². The molecule has 0 aromatic heterocycles. The zero-order valence-corrected chi connectivity index (χ0v) is 14.4. The molecule has 1 saturated heterocycles. The van der Waals surface area contributed by atoms with Crippen molar-refractivity contribution in [3.05, 3.63) is 35.6 Å². The smallest absolute Gasteiger partial charge is 0.236 e. The number of amides is 2. The van der Waals surface area contributed by atoms with Gasteiger partial charge in [0.1, 0.15) is 11.9 Å². The molecular weight excluding hydrogens is 325 g/mol. The van der Waals surface area contributed by atoms with E-state index in [4.69, 9.17) is 4.74 Å². The standard InChI is InChI=1S/C18H24FN3O3/c1-21(11-17(23)20-15-6-7-15)12-18(24)22-8-9-25-16(10-22)13-2-4-14(19)5-3-13/h2-5,15-16H,6-12H2,1H3,(H,20,23). The first-order valence-corrected chi connectivity index (χ1v) is 8.64. The largest absolute Gasteiger partial charge is 0.370 e. The van der Waals surface area contributed by atoms with Gasteiger partial charge in [-0.1, -0.05) is 12.1 Å². The zero-order valence-electron chi connectivity index (χ0n) is 14.4. The molecule has 2 fully saturated rings. The molecule has 1 heterocycles. The molecule has 0 spiro atoms. The number of ether oxygens (including phenoxy) is 1. The molecule has 6 nitrogen and oxygen atoms in total. The van der Waals surface area contributed by atoms with E-state index in [0.29, 0.717) is 25.7 Å². The molecule has 1 aromatic carbocycles. The van der Waals surface area contributed by atoms with E-state index in [9.17, 15) is 14.0 Å². The zero-order chi connectivity index (χ0) is 17.8. The van der Waals surface area contributed by atoms with Gasteiger partial charge < -0.3 is 15.0 Å². The number of halogens is 1. The number of likely N-dealkylation sites (N-methyl/N-ethyl adjacent to an activating group) is 1. The van der Waals surface area contributed by atoms with Gasteiger partial charge in [-0.05, 0) is 37.6 Å². The minimum Gasteiger partial charge on any atom is -0.370 e. The van der Waals surface area contributed by atoms with Crippen molar-refractivity contribution < 1.29 is 18.7 Å². The first-order valence-electron chi connectivity index (χ1n) is 8.64. The Hall–Kier alpha value is -1.99. The Morgan fingerprint density at radius 3 is 2.68 bits per heavy atom. The second-order valence-corrected chi connectivity index (χ2v) is 6.76. The van der Waals surface area contributed by atoms with Crippen LogP contribution in [0.15, 0.2) is 24.3 Å². The van der Waals surface area contributed by atoms with Gasteiger partial charge in [0.2, 0.25) is 11.8 Å². The van der Waals surface area contributed by atoms with Crippen LogP contribution in [0.1, 0.15) is 24.5 Å². The Morgan fingerprint density at radius 2 is 2.00 bits per heavy atom. The van der Waals surface area contributed by atoms with Crippen LogP contribution in [0, 0.1) is 5.82 Å². The third-order valence-corrected chi connectivity index (χ3v) is 4.42. The van der Waals surface area contributed by atoms with E-state index in [0.717, 1.165) is 18.4 Å². The van der Waals surface area contributed by atoms with Crippen molar-refractivity contribution in [3.63, 3.8) is 0 Å². The van der Waals surface area contributed by atoms with Crippen molar-refractivity contribution in [2.24, 2.45) is 0 Å². The number of carbonyl (C=O) groups excluding carboxylic acids is 2. The molecule has 2 amide bonds. The van der Waals surface area contributed by atoms with Crippen LogP contribution in [-0.2, 0) is 14.3 Å². The van der Waals surface area contributed by atoms with Crippen LogP contribution in [0.2, 0.25) is 0 Å². The van der Waals surface area contributed by atoms with E-state index in [1.165, 1.54) is 12.1 Å². The fraction of sp³-hybridized carbons (Fsp3) is 0.556. The van der Waals surface area contributed by atoms with Gasteiger partial charge in [0.25, 0.3) is 0 Å². The normalized spacial score (nSPS) is 20.6. The predicted molar refractivity (Wildman–Crippen MR) is 90.3 cm³/mol. The summed E-state index contributed by atoms with van der Waals surface area (Å²) in [7, 11) is 1.77. The van der Waals surface area contributed by atoms with Crippen molar-refractivity contribution in [1.82, 2.24) is 15.1 Å². The first kappa shape index (κ1) is 17.8. The maximum atomic E-state index is 13.0. The lowest BCUT2D eigenvalue weighted by Crippen LogP contribution is -2.47. The van der Waals surface area contributed by atoms with Gasteiger partial charge in [-0.25, -0.2) is 4.39 Å². The molecule has 1 aliphatic heterocycles. The summed E-state index contributed by atoms with van der Waals surface area (Å²) in [6, 6.07) is 6.48. The van der Waals surface area contributed by atoms with Gasteiger partial charge in [0.05, 0.1) is 26.2 Å². The summed E-state index contributed by atoms with van der Waals surface area (Å²) in [6.45, 7) is 1.81. The number of nitrogens with zero attached hydrogens (tertiary/aromatic N) is 2. The van der Waals surface area contributed by atoms with Crippen LogP contribution in [0.25, 0.3) is 0 Å². The van der Waals surface area contributed by atoms with Gasteiger partial charge in [-0.15, -0.1) is 0 Å². The highest BCUT2D eigenvalue weighted by molar-refractivity contribution is 5.81. The fourth-order valence-corrected chi connectivity index (χ4v) is 2.89. The SMILES string of the molecule is CN(CC(=O)NC1CC1)CC(=O)N1CCOC(c2ccc(F)cc2)C1. The van der Waals surface area contributed by atoms with Gasteiger partial charge in [0, 0.05) is 12.6 Å². The molecule has 1 unspecified atom stereocenters. The second kappa shape index (κ2) is 7.93. The highest BCUT2D eigenvalue weighted by atomic mass is 19.1. The van der Waals surface area contributed by atoms with Crippen LogP contribution in [0.4, 0.5) is 4.39 Å². The summed E-state index contributed by atoms with van der Waals surface area (Å²) in [5.41, 5.74) is 0.857. The Labute approximate surface area is 146 Å². The highest BCUT2D eigenvalue weighted by Crippen LogP contribution is 2.22. The molecule has 25 heavy (non-hydrogen) atoms. The monoisotopic (exact) mass is 349 g/mol. The number of hydrogen-bond acceptors (Lipinski definition) is 4. The maximum Gasteiger partial charge on any atom is 0.236 e. The van der Waals surface area contributed by atoms with E-state index in [2.05, 4.69) is 5.32 Å². The number of hydrogen-bond donors (Lipinski definition) is 1. The topological polar surface area (TPSA) is 61.9 Å². The average molecular weight is 349 g/mol. The third kappa shape index (κ3) is 5.24. The number of nitrogens with one attached hydrogen (secondary N) is 1. The van der Waals surface area contributed by atoms with Gasteiger partial charge in [0.15, 0.2) is 0 Å². The van der Waals surface area contributed by atoms with Gasteiger partial charge in [-0.2, -0.15) is 0 Å². The molecule has 1 saturated carbocycles. The lowest BCUT2D eigenvalue weighted by atomic mass is 10.1. The summed E-state index contributed by atoms with van der Waals surface area (Å²) < 4.78 is 18.8. The van der Waals surface area contributed by atoms with E-state index in [1.807, 2.05) is 0 Å². The van der Waals surface area contributed by atoms with Crippen LogP contribution < -0.4 is 5.32 Å². The van der Waals surface area contributed by atoms with E-state index in [1.54, 1.807) is 29.0 Å². The quantitative estimate of drug-likeness (QED) is 0.830. The molecule has 7 heteroatoms. The number of morpholine rings is 1. The lowest BCUT2D eigenvalue weighted by Gasteiger charge is -2.34. The summed E-state index contributed by atoms with van der Waals surface area (Å²) in [5, 5.41) is 2.91. The number of rotatable bonds is 6. The second-order valence-electron chi connectivity index (χ2n) is 6.76. The third-order valence-electron chi connectivity index (χ3n) is 4.42.